The summed E-state index contributed by atoms with van der Waals surface area (Å²) in [7, 11) is 0. The van der Waals surface area contributed by atoms with Crippen molar-refractivity contribution < 1.29 is 14.4 Å². The lowest BCUT2D eigenvalue weighted by atomic mass is 10.2. The van der Waals surface area contributed by atoms with Crippen molar-refractivity contribution in [2.75, 3.05) is 18.4 Å². The normalized spacial score (nSPS) is 15.6. The summed E-state index contributed by atoms with van der Waals surface area (Å²) in [5.41, 5.74) is 2.90. The summed E-state index contributed by atoms with van der Waals surface area (Å²) in [6.45, 7) is 2.33. The molecule has 0 saturated carbocycles. The Morgan fingerprint density at radius 2 is 2.13 bits per heavy atom. The van der Waals surface area contributed by atoms with Gasteiger partial charge in [0.25, 0.3) is 5.91 Å². The van der Waals surface area contributed by atoms with Gasteiger partial charge in [0.1, 0.15) is 0 Å². The Morgan fingerprint density at radius 1 is 1.37 bits per heavy atom. The molecule has 3 heterocycles. The Kier molecular flexibility index (Phi) is 12.8. The number of aromatic nitrogens is 2. The minimum atomic E-state index is -0.696. The number of hydrogen-bond acceptors (Lipinski definition) is 6. The van der Waals surface area contributed by atoms with E-state index in [2.05, 4.69) is 20.2 Å². The number of amides is 1. The summed E-state index contributed by atoms with van der Waals surface area (Å²) >= 11 is 6.15. The maximum Gasteiger partial charge on any atom is 0.267 e. The predicted molar refractivity (Wildman–Crippen MR) is 121 cm³/mol. The number of halogens is 5. The number of pyridine rings is 2. The molecule has 3 rings (SSSR count). The average Bonchev–Trinajstić information content (AvgIpc) is 3.10. The van der Waals surface area contributed by atoms with Crippen LogP contribution in [0.2, 0.25) is 5.02 Å². The summed E-state index contributed by atoms with van der Waals surface area (Å²) in [6.07, 6.45) is 8.11. The molecule has 7 nitrogen and oxygen atoms in total. The minimum absolute atomic E-state index is 0. The maximum absolute atomic E-state index is 14.3. The number of rotatable bonds is 6. The number of likely N-dealkylation sites (tertiary alicyclic amines) is 1. The molecule has 30 heavy (non-hydrogen) atoms. The highest BCUT2D eigenvalue weighted by atomic mass is 35.5. The van der Waals surface area contributed by atoms with Gasteiger partial charge in [-0.05, 0) is 35.8 Å². The molecule has 2 aromatic heterocycles. The van der Waals surface area contributed by atoms with Crippen molar-refractivity contribution in [3.05, 3.63) is 58.8 Å². The fraction of sp³-hybridized carbons (Fsp3) is 0.278. The van der Waals surface area contributed by atoms with Crippen molar-refractivity contribution in [2.24, 2.45) is 0 Å². The highest BCUT2D eigenvalue weighted by Crippen LogP contribution is 2.22. The number of hydroxylamine groups is 1. The number of carbonyl (C=O) groups is 1. The van der Waals surface area contributed by atoms with Crippen LogP contribution in [-0.2, 0) is 11.3 Å². The third kappa shape index (κ3) is 7.86. The third-order valence-corrected chi connectivity index (χ3v) is 4.60. The topological polar surface area (TPSA) is 90.4 Å². The van der Waals surface area contributed by atoms with E-state index in [9.17, 15) is 9.18 Å². The van der Waals surface area contributed by atoms with Gasteiger partial charge in [0, 0.05) is 50.3 Å². The Morgan fingerprint density at radius 3 is 2.80 bits per heavy atom. The van der Waals surface area contributed by atoms with E-state index in [-0.39, 0.29) is 49.1 Å². The van der Waals surface area contributed by atoms with E-state index in [0.717, 1.165) is 31.1 Å². The molecular formula is C18H22Cl4FN5O2. The Bertz CT molecular complexity index is 859. The summed E-state index contributed by atoms with van der Waals surface area (Å²) in [4.78, 5) is 21.3. The van der Waals surface area contributed by atoms with Gasteiger partial charge in [-0.25, -0.2) is 14.9 Å². The molecule has 1 amide bonds. The summed E-state index contributed by atoms with van der Waals surface area (Å²) in [6, 6.07) is 3.25. The van der Waals surface area contributed by atoms with Gasteiger partial charge >= 0.3 is 0 Å². The summed E-state index contributed by atoms with van der Waals surface area (Å²) in [5, 5.41) is 12.2. The van der Waals surface area contributed by atoms with E-state index in [1.165, 1.54) is 23.8 Å². The van der Waals surface area contributed by atoms with Gasteiger partial charge in [-0.2, -0.15) is 0 Å². The summed E-state index contributed by atoms with van der Waals surface area (Å²) in [5.74, 6) is -1.03. The lowest BCUT2D eigenvalue weighted by Gasteiger charge is -2.18. The molecule has 3 N–H and O–H groups in total. The van der Waals surface area contributed by atoms with Crippen LogP contribution in [-0.4, -0.2) is 45.1 Å². The van der Waals surface area contributed by atoms with E-state index in [4.69, 9.17) is 16.8 Å². The van der Waals surface area contributed by atoms with Crippen LogP contribution in [0.3, 0.4) is 0 Å². The van der Waals surface area contributed by atoms with Crippen molar-refractivity contribution in [2.45, 2.75) is 19.0 Å². The molecular weight excluding hydrogens is 479 g/mol. The van der Waals surface area contributed by atoms with E-state index >= 15 is 0 Å². The highest BCUT2D eigenvalue weighted by molar-refractivity contribution is 6.31. The molecule has 1 saturated heterocycles. The zero-order chi connectivity index (χ0) is 19.2. The van der Waals surface area contributed by atoms with Crippen LogP contribution in [0.4, 0.5) is 10.2 Å². The predicted octanol–water partition coefficient (Wildman–Crippen LogP) is 3.74. The van der Waals surface area contributed by atoms with Crippen molar-refractivity contribution >= 4 is 66.6 Å². The molecule has 1 aliphatic heterocycles. The first kappa shape index (κ1) is 28.3. The quantitative estimate of drug-likeness (QED) is 0.318. The number of hydrogen-bond donors (Lipinski definition) is 3. The Hall–Kier alpha value is -1.68. The summed E-state index contributed by atoms with van der Waals surface area (Å²) < 4.78 is 14.3. The lowest BCUT2D eigenvalue weighted by Crippen LogP contribution is -2.26. The molecule has 12 heteroatoms. The SMILES string of the molecule is Cl.Cl.Cl.O=C(/C=C/c1cnc(N[C@@H]2CCN(Cc3ccncc3Cl)C2)c(F)c1)NO. The lowest BCUT2D eigenvalue weighted by molar-refractivity contribution is -0.124. The van der Waals surface area contributed by atoms with Gasteiger partial charge in [0.05, 0.1) is 5.02 Å². The first-order valence-corrected chi connectivity index (χ1v) is 8.78. The zero-order valence-electron chi connectivity index (χ0n) is 15.6. The number of anilines is 1. The van der Waals surface area contributed by atoms with E-state index in [1.54, 1.807) is 12.4 Å². The number of carbonyl (C=O) groups excluding carboxylic acids is 1. The van der Waals surface area contributed by atoms with Crippen molar-refractivity contribution in [1.82, 2.24) is 20.3 Å². The molecule has 0 aliphatic carbocycles. The van der Waals surface area contributed by atoms with Crippen LogP contribution in [0.15, 0.2) is 36.8 Å². The van der Waals surface area contributed by atoms with Crippen LogP contribution >= 0.6 is 48.8 Å². The fourth-order valence-electron chi connectivity index (χ4n) is 2.92. The van der Waals surface area contributed by atoms with E-state index in [1.807, 2.05) is 6.07 Å². The standard InChI is InChI=1S/C18H19ClFN5O2.3ClH/c19-15-9-21-5-3-13(15)10-25-6-4-14(11-25)23-18-16(20)7-12(8-22-18)1-2-17(26)24-27;;;/h1-3,5,7-9,14,27H,4,6,10-11H2,(H,22,23)(H,24,26);3*1H/b2-1+;;;/t14-;;;/m1.../s1. The Balaban J connectivity index is 0.00000280. The third-order valence-electron chi connectivity index (χ3n) is 4.26. The van der Waals surface area contributed by atoms with Crippen LogP contribution in [0.1, 0.15) is 17.5 Å². The van der Waals surface area contributed by atoms with Crippen molar-refractivity contribution in [3.8, 4) is 0 Å². The average molecular weight is 501 g/mol. The van der Waals surface area contributed by atoms with Crippen LogP contribution in [0.25, 0.3) is 6.08 Å². The second-order valence-corrected chi connectivity index (χ2v) is 6.65. The molecule has 1 aliphatic rings. The van der Waals surface area contributed by atoms with Crippen molar-refractivity contribution in [3.63, 3.8) is 0 Å². The molecule has 166 valence electrons. The van der Waals surface area contributed by atoms with Gasteiger partial charge in [-0.1, -0.05) is 11.6 Å². The first-order chi connectivity index (χ1) is 13.0. The molecule has 0 aromatic carbocycles. The monoisotopic (exact) mass is 499 g/mol. The Labute approximate surface area is 197 Å². The highest BCUT2D eigenvalue weighted by Gasteiger charge is 2.24. The van der Waals surface area contributed by atoms with Crippen LogP contribution in [0.5, 0.6) is 0 Å². The van der Waals surface area contributed by atoms with Gasteiger partial charge < -0.3 is 5.32 Å². The van der Waals surface area contributed by atoms with Gasteiger partial charge in [-0.3, -0.25) is 19.9 Å². The number of nitrogens with zero attached hydrogens (tertiary/aromatic N) is 3. The molecule has 0 radical (unpaired) electrons. The second-order valence-electron chi connectivity index (χ2n) is 6.24. The van der Waals surface area contributed by atoms with Crippen LogP contribution < -0.4 is 10.8 Å². The van der Waals surface area contributed by atoms with Gasteiger partial charge in [0.15, 0.2) is 11.6 Å². The van der Waals surface area contributed by atoms with Gasteiger partial charge in [-0.15, -0.1) is 37.2 Å². The molecule has 2 aromatic rings. The minimum Gasteiger partial charge on any atom is -0.364 e. The zero-order valence-corrected chi connectivity index (χ0v) is 18.8. The number of nitrogens with one attached hydrogen (secondary N) is 2. The van der Waals surface area contributed by atoms with Crippen molar-refractivity contribution in [1.29, 1.82) is 0 Å². The maximum atomic E-state index is 14.3. The first-order valence-electron chi connectivity index (χ1n) is 8.40. The van der Waals surface area contributed by atoms with Crippen LogP contribution in [0, 0.1) is 5.82 Å². The van der Waals surface area contributed by atoms with E-state index < -0.39 is 11.7 Å². The molecule has 0 unspecified atom stereocenters. The van der Waals surface area contributed by atoms with E-state index in [0.29, 0.717) is 17.1 Å². The largest absolute Gasteiger partial charge is 0.364 e. The molecule has 0 spiro atoms. The molecule has 1 atom stereocenters. The smallest absolute Gasteiger partial charge is 0.267 e. The molecule has 1 fully saturated rings. The van der Waals surface area contributed by atoms with Gasteiger partial charge in [0.2, 0.25) is 0 Å². The molecule has 0 bridgehead atoms. The fourth-order valence-corrected chi connectivity index (χ4v) is 3.10. The second kappa shape index (κ2) is 13.6.